The van der Waals surface area contributed by atoms with E-state index in [-0.39, 0.29) is 0 Å². The van der Waals surface area contributed by atoms with Crippen molar-refractivity contribution in [1.29, 1.82) is 0 Å². The first kappa shape index (κ1) is 30.9. The normalized spacial score (nSPS) is 11.6. The first-order valence-corrected chi connectivity index (χ1v) is 18.2. The predicted molar refractivity (Wildman–Crippen MR) is 223 cm³/mol. The average Bonchev–Trinajstić information content (AvgIpc) is 3.71. The molecule has 2 aromatic heterocycles. The van der Waals surface area contributed by atoms with Crippen LogP contribution in [0.1, 0.15) is 11.3 Å². The highest BCUT2D eigenvalue weighted by molar-refractivity contribution is 6.10. The summed E-state index contributed by atoms with van der Waals surface area (Å²) in [6.07, 6.45) is 0. The van der Waals surface area contributed by atoms with Crippen molar-refractivity contribution in [3.8, 4) is 27.9 Å². The first-order valence-electron chi connectivity index (χ1n) is 18.2. The Balaban J connectivity index is 1.07. The fourth-order valence-corrected chi connectivity index (χ4v) is 8.02. The topological polar surface area (TPSA) is 21.3 Å². The van der Waals surface area contributed by atoms with Crippen LogP contribution in [0.4, 0.5) is 17.1 Å². The summed E-state index contributed by atoms with van der Waals surface area (Å²) in [4.78, 5) is 2.37. The van der Waals surface area contributed by atoms with E-state index in [1.807, 2.05) is 6.92 Å². The second-order valence-corrected chi connectivity index (χ2v) is 13.8. The molecule has 10 aromatic rings. The van der Waals surface area contributed by atoms with Crippen LogP contribution in [0.25, 0.3) is 71.5 Å². The molecule has 0 aliphatic rings. The number of furan rings is 1. The standard InChI is InChI=1S/C50H36N2O/c1-33-34(2)53-50-42(33)18-11-19-44(50)37-24-29-41(30-25-37)51(47-21-10-13-36-12-6-7-16-43(36)47)40-27-22-35(23-28-40)38-26-31-49-46(32-38)45-17-8-9-20-48(45)52(49)39-14-4-3-5-15-39/h3-32H,1-2H3. The van der Waals surface area contributed by atoms with Gasteiger partial charge in [0.25, 0.3) is 0 Å². The van der Waals surface area contributed by atoms with Crippen LogP contribution in [0.3, 0.4) is 0 Å². The number of rotatable bonds is 6. The lowest BCUT2D eigenvalue weighted by Gasteiger charge is -2.27. The summed E-state index contributed by atoms with van der Waals surface area (Å²) in [5.74, 6) is 0.966. The third kappa shape index (κ3) is 5.12. The van der Waals surface area contributed by atoms with Gasteiger partial charge in [0.05, 0.1) is 16.7 Å². The van der Waals surface area contributed by atoms with E-state index in [0.29, 0.717) is 0 Å². The van der Waals surface area contributed by atoms with Crippen molar-refractivity contribution < 1.29 is 4.42 Å². The molecule has 53 heavy (non-hydrogen) atoms. The molecule has 0 fully saturated rings. The average molecular weight is 681 g/mol. The Hall–Kier alpha value is -6.84. The van der Waals surface area contributed by atoms with Crippen LogP contribution in [-0.2, 0) is 0 Å². The molecule has 0 radical (unpaired) electrons. The fraction of sp³-hybridized carbons (Fsp3) is 0.0400. The lowest BCUT2D eigenvalue weighted by molar-refractivity contribution is 0.576. The monoisotopic (exact) mass is 680 g/mol. The van der Waals surface area contributed by atoms with Gasteiger partial charge in [0.1, 0.15) is 11.3 Å². The molecule has 3 nitrogen and oxygen atoms in total. The summed E-state index contributed by atoms with van der Waals surface area (Å²) in [6, 6.07) is 65.6. The van der Waals surface area contributed by atoms with E-state index in [1.54, 1.807) is 0 Å². The maximum absolute atomic E-state index is 6.25. The molecule has 0 atom stereocenters. The van der Waals surface area contributed by atoms with Crippen molar-refractivity contribution in [2.24, 2.45) is 0 Å². The van der Waals surface area contributed by atoms with Crippen molar-refractivity contribution in [3.63, 3.8) is 0 Å². The number of para-hydroxylation sites is 3. The van der Waals surface area contributed by atoms with E-state index >= 15 is 0 Å². The second-order valence-electron chi connectivity index (χ2n) is 13.8. The molecule has 252 valence electrons. The van der Waals surface area contributed by atoms with Gasteiger partial charge in [0.2, 0.25) is 0 Å². The van der Waals surface area contributed by atoms with Crippen LogP contribution >= 0.6 is 0 Å². The van der Waals surface area contributed by atoms with Gasteiger partial charge >= 0.3 is 0 Å². The molecule has 10 rings (SSSR count). The molecular weight excluding hydrogens is 645 g/mol. The maximum atomic E-state index is 6.25. The molecule has 0 aliphatic heterocycles. The Morgan fingerprint density at radius 2 is 1.06 bits per heavy atom. The molecule has 0 N–H and O–H groups in total. The maximum Gasteiger partial charge on any atom is 0.142 e. The van der Waals surface area contributed by atoms with E-state index in [4.69, 9.17) is 4.42 Å². The van der Waals surface area contributed by atoms with Crippen LogP contribution in [0.5, 0.6) is 0 Å². The summed E-state index contributed by atoms with van der Waals surface area (Å²) in [5.41, 5.74) is 13.7. The van der Waals surface area contributed by atoms with Gasteiger partial charge in [0, 0.05) is 44.2 Å². The predicted octanol–water partition coefficient (Wildman–Crippen LogP) is 14.1. The summed E-state index contributed by atoms with van der Waals surface area (Å²) in [5, 5.41) is 6.09. The zero-order valence-electron chi connectivity index (χ0n) is 29.6. The number of fused-ring (bicyclic) bond motifs is 5. The Morgan fingerprint density at radius 3 is 1.85 bits per heavy atom. The van der Waals surface area contributed by atoms with Crippen molar-refractivity contribution in [3.05, 3.63) is 193 Å². The highest BCUT2D eigenvalue weighted by Gasteiger charge is 2.18. The number of hydrogen-bond acceptors (Lipinski definition) is 2. The van der Waals surface area contributed by atoms with Crippen LogP contribution in [-0.4, -0.2) is 4.57 Å². The molecule has 3 heteroatoms. The van der Waals surface area contributed by atoms with E-state index in [2.05, 4.69) is 198 Å². The number of hydrogen-bond donors (Lipinski definition) is 0. The molecule has 8 aromatic carbocycles. The molecular formula is C50H36N2O. The summed E-state index contributed by atoms with van der Waals surface area (Å²) >= 11 is 0. The summed E-state index contributed by atoms with van der Waals surface area (Å²) < 4.78 is 8.61. The van der Waals surface area contributed by atoms with Gasteiger partial charge in [-0.2, -0.15) is 0 Å². The fourth-order valence-electron chi connectivity index (χ4n) is 8.02. The number of benzene rings is 8. The Labute approximate surface area is 308 Å². The highest BCUT2D eigenvalue weighted by Crippen LogP contribution is 2.42. The molecule has 0 saturated heterocycles. The lowest BCUT2D eigenvalue weighted by atomic mass is 10.0. The number of aromatic nitrogens is 1. The van der Waals surface area contributed by atoms with Gasteiger partial charge < -0.3 is 13.9 Å². The van der Waals surface area contributed by atoms with Crippen LogP contribution in [0.2, 0.25) is 0 Å². The van der Waals surface area contributed by atoms with Crippen molar-refractivity contribution in [2.45, 2.75) is 13.8 Å². The van der Waals surface area contributed by atoms with Crippen LogP contribution in [0, 0.1) is 13.8 Å². The second kappa shape index (κ2) is 12.4. The number of aryl methyl sites for hydroxylation is 2. The van der Waals surface area contributed by atoms with Crippen molar-refractivity contribution in [2.75, 3.05) is 4.90 Å². The van der Waals surface area contributed by atoms with Gasteiger partial charge in [-0.15, -0.1) is 0 Å². The molecule has 0 spiro atoms. The zero-order chi connectivity index (χ0) is 35.5. The first-order chi connectivity index (χ1) is 26.1. The molecule has 0 bridgehead atoms. The zero-order valence-corrected chi connectivity index (χ0v) is 29.6. The SMILES string of the molecule is Cc1oc2c(-c3ccc(N(c4ccc(-c5ccc6c(c5)c5ccccc5n6-c5ccccc5)cc4)c4cccc5ccccc45)cc3)cccc2c1C. The van der Waals surface area contributed by atoms with E-state index in [9.17, 15) is 0 Å². The van der Waals surface area contributed by atoms with Crippen LogP contribution in [0.15, 0.2) is 186 Å². The smallest absolute Gasteiger partial charge is 0.142 e. The van der Waals surface area contributed by atoms with E-state index in [0.717, 1.165) is 39.5 Å². The molecule has 0 aliphatic carbocycles. The van der Waals surface area contributed by atoms with Crippen LogP contribution < -0.4 is 4.90 Å². The van der Waals surface area contributed by atoms with Gasteiger partial charge in [-0.25, -0.2) is 0 Å². The molecule has 0 unspecified atom stereocenters. The van der Waals surface area contributed by atoms with Gasteiger partial charge in [0.15, 0.2) is 0 Å². The summed E-state index contributed by atoms with van der Waals surface area (Å²) in [7, 11) is 0. The molecule has 0 amide bonds. The third-order valence-electron chi connectivity index (χ3n) is 10.8. The minimum Gasteiger partial charge on any atom is -0.460 e. The largest absolute Gasteiger partial charge is 0.460 e. The minimum atomic E-state index is 0.944. The van der Waals surface area contributed by atoms with Gasteiger partial charge in [-0.3, -0.25) is 0 Å². The summed E-state index contributed by atoms with van der Waals surface area (Å²) in [6.45, 7) is 4.17. The molecule has 2 heterocycles. The lowest BCUT2D eigenvalue weighted by Crippen LogP contribution is -2.10. The Kier molecular flexibility index (Phi) is 7.26. The number of nitrogens with zero attached hydrogens (tertiary/aromatic N) is 2. The van der Waals surface area contributed by atoms with Crippen molar-refractivity contribution >= 4 is 60.6 Å². The van der Waals surface area contributed by atoms with Crippen molar-refractivity contribution in [1.82, 2.24) is 4.57 Å². The third-order valence-corrected chi connectivity index (χ3v) is 10.8. The quantitative estimate of drug-likeness (QED) is 0.174. The van der Waals surface area contributed by atoms with Gasteiger partial charge in [-0.05, 0) is 102 Å². The Morgan fingerprint density at radius 1 is 0.453 bits per heavy atom. The number of anilines is 3. The van der Waals surface area contributed by atoms with E-state index < -0.39 is 0 Å². The van der Waals surface area contributed by atoms with Gasteiger partial charge in [-0.1, -0.05) is 121 Å². The van der Waals surface area contributed by atoms with E-state index in [1.165, 1.54) is 60.3 Å². The minimum absolute atomic E-state index is 0.944. The Bertz CT molecular complexity index is 2950. The molecule has 0 saturated carbocycles. The highest BCUT2D eigenvalue weighted by atomic mass is 16.3.